The van der Waals surface area contributed by atoms with Crippen LogP contribution in [0, 0.1) is 0 Å². The summed E-state index contributed by atoms with van der Waals surface area (Å²) in [5, 5.41) is 20.5. The molecule has 0 fully saturated rings. The van der Waals surface area contributed by atoms with Gasteiger partial charge >= 0.3 is 5.97 Å². The Hall–Kier alpha value is -1.14. The Bertz CT molecular complexity index is 544. The Morgan fingerprint density at radius 3 is 1.23 bits per heavy atom. The number of nitrogens with one attached hydrogen (secondary N) is 1. The van der Waals surface area contributed by atoms with Crippen LogP contribution in [-0.4, -0.2) is 46.3 Å². The summed E-state index contributed by atoms with van der Waals surface area (Å²) in [7, 11) is 0. The zero-order valence-electron chi connectivity index (χ0n) is 26.0. The number of nitrogens with zero attached hydrogens (tertiary/aromatic N) is 1. The number of amides is 1. The van der Waals surface area contributed by atoms with Gasteiger partial charge < -0.3 is 10.2 Å². The van der Waals surface area contributed by atoms with Gasteiger partial charge in [-0.15, -0.1) is 0 Å². The predicted molar refractivity (Wildman–Crippen MR) is 165 cm³/mol. The number of carbonyl (C=O) groups excluding carboxylic acids is 1. The van der Waals surface area contributed by atoms with Gasteiger partial charge in [0.1, 0.15) is 6.04 Å². The summed E-state index contributed by atoms with van der Waals surface area (Å²) in [6.45, 7) is 4.46. The molecular formula is C33H66N2O4. The second kappa shape index (κ2) is 29.8. The molecule has 0 aliphatic heterocycles. The molecular weight excluding hydrogens is 488 g/mol. The van der Waals surface area contributed by atoms with E-state index in [1.54, 1.807) is 0 Å². The normalized spacial score (nSPS) is 12.2. The molecule has 0 bridgehead atoms. The Morgan fingerprint density at radius 2 is 0.897 bits per heavy atom. The van der Waals surface area contributed by atoms with Gasteiger partial charge in [0.05, 0.1) is 6.61 Å². The summed E-state index contributed by atoms with van der Waals surface area (Å²) in [5.74, 6) is -1.24. The molecule has 0 radical (unpaired) electrons. The minimum absolute atomic E-state index is 0.142. The maximum atomic E-state index is 12.5. The van der Waals surface area contributed by atoms with Crippen molar-refractivity contribution in [3.8, 4) is 0 Å². The van der Waals surface area contributed by atoms with Crippen LogP contribution in [0.3, 0.4) is 0 Å². The first kappa shape index (κ1) is 37.9. The quantitative estimate of drug-likeness (QED) is 0.0588. The Labute approximate surface area is 242 Å². The summed E-state index contributed by atoms with van der Waals surface area (Å²) in [4.78, 5) is 24.1. The van der Waals surface area contributed by atoms with Crippen LogP contribution in [0.1, 0.15) is 181 Å². The van der Waals surface area contributed by atoms with Crippen LogP contribution in [0.4, 0.5) is 0 Å². The number of aliphatic hydroxyl groups excluding tert-OH is 1. The highest BCUT2D eigenvalue weighted by Crippen LogP contribution is 2.14. The molecule has 0 unspecified atom stereocenters. The summed E-state index contributed by atoms with van der Waals surface area (Å²) in [6, 6.07) is -1.09. The molecule has 232 valence electrons. The zero-order chi connectivity index (χ0) is 28.8. The number of rotatable bonds is 31. The highest BCUT2D eigenvalue weighted by atomic mass is 16.4. The number of unbranched alkanes of at least 4 members (excludes halogenated alkanes) is 23. The molecule has 0 aromatic heterocycles. The van der Waals surface area contributed by atoms with Crippen molar-refractivity contribution in [3.63, 3.8) is 0 Å². The van der Waals surface area contributed by atoms with Crippen LogP contribution in [0.5, 0.6) is 0 Å². The third kappa shape index (κ3) is 25.6. The number of carboxylic acid groups (broad SMARTS) is 1. The SMILES string of the molecule is CCCCCCCCCCCCCCCC(=O)NN(CCCCCCCCCCCCCC)[C@@H](CO)C(=O)O. The molecule has 0 heterocycles. The van der Waals surface area contributed by atoms with Gasteiger partial charge in [0.15, 0.2) is 0 Å². The van der Waals surface area contributed by atoms with Gasteiger partial charge in [-0.2, -0.15) is 0 Å². The average molecular weight is 555 g/mol. The first-order valence-corrected chi connectivity index (χ1v) is 17.0. The van der Waals surface area contributed by atoms with E-state index in [0.29, 0.717) is 13.0 Å². The van der Waals surface area contributed by atoms with Crippen LogP contribution in [0.15, 0.2) is 0 Å². The molecule has 0 aromatic rings. The Kier molecular flexibility index (Phi) is 29.0. The lowest BCUT2D eigenvalue weighted by Gasteiger charge is -2.28. The van der Waals surface area contributed by atoms with Crippen molar-refractivity contribution in [2.75, 3.05) is 13.2 Å². The Morgan fingerprint density at radius 1 is 0.564 bits per heavy atom. The van der Waals surface area contributed by atoms with Gasteiger partial charge in [-0.1, -0.05) is 162 Å². The maximum absolute atomic E-state index is 12.5. The second-order valence-corrected chi connectivity index (χ2v) is 11.6. The minimum Gasteiger partial charge on any atom is -0.480 e. The summed E-state index contributed by atoms with van der Waals surface area (Å²) >= 11 is 0. The van der Waals surface area contributed by atoms with E-state index < -0.39 is 18.6 Å². The third-order valence-electron chi connectivity index (χ3n) is 7.86. The highest BCUT2D eigenvalue weighted by Gasteiger charge is 2.25. The van der Waals surface area contributed by atoms with E-state index >= 15 is 0 Å². The molecule has 3 N–H and O–H groups in total. The molecule has 6 heteroatoms. The largest absolute Gasteiger partial charge is 0.480 e. The van der Waals surface area contributed by atoms with Crippen molar-refractivity contribution < 1.29 is 19.8 Å². The lowest BCUT2D eigenvalue weighted by Crippen LogP contribution is -2.53. The molecule has 1 amide bonds. The highest BCUT2D eigenvalue weighted by molar-refractivity contribution is 5.77. The van der Waals surface area contributed by atoms with Crippen LogP contribution >= 0.6 is 0 Å². The fourth-order valence-electron chi connectivity index (χ4n) is 5.24. The van der Waals surface area contributed by atoms with E-state index in [0.717, 1.165) is 38.5 Å². The number of aliphatic hydroxyl groups is 1. The van der Waals surface area contributed by atoms with Crippen LogP contribution in [0.25, 0.3) is 0 Å². The third-order valence-corrected chi connectivity index (χ3v) is 7.86. The minimum atomic E-state index is -1.10. The predicted octanol–water partition coefficient (Wildman–Crippen LogP) is 8.95. The van der Waals surface area contributed by atoms with Gasteiger partial charge in [0.25, 0.3) is 0 Å². The van der Waals surface area contributed by atoms with E-state index in [2.05, 4.69) is 19.3 Å². The topological polar surface area (TPSA) is 89.9 Å². The Balaban J connectivity index is 3.92. The molecule has 1 atom stereocenters. The number of aliphatic carboxylic acids is 1. The van der Waals surface area contributed by atoms with E-state index in [9.17, 15) is 19.8 Å². The van der Waals surface area contributed by atoms with Crippen molar-refractivity contribution in [3.05, 3.63) is 0 Å². The van der Waals surface area contributed by atoms with E-state index in [-0.39, 0.29) is 5.91 Å². The molecule has 0 saturated heterocycles. The number of hydrogen-bond acceptors (Lipinski definition) is 4. The molecule has 39 heavy (non-hydrogen) atoms. The smallest absolute Gasteiger partial charge is 0.325 e. The van der Waals surface area contributed by atoms with Crippen molar-refractivity contribution in [2.24, 2.45) is 0 Å². The second-order valence-electron chi connectivity index (χ2n) is 11.6. The van der Waals surface area contributed by atoms with Crippen LogP contribution in [0.2, 0.25) is 0 Å². The monoisotopic (exact) mass is 555 g/mol. The van der Waals surface area contributed by atoms with Crippen molar-refractivity contribution >= 4 is 11.9 Å². The molecule has 6 nitrogen and oxygen atoms in total. The van der Waals surface area contributed by atoms with Crippen LogP contribution in [-0.2, 0) is 9.59 Å². The molecule has 0 aliphatic carbocycles. The first-order valence-electron chi connectivity index (χ1n) is 17.0. The van der Waals surface area contributed by atoms with Gasteiger partial charge in [-0.25, -0.2) is 5.01 Å². The lowest BCUT2D eigenvalue weighted by atomic mass is 10.0. The number of hydrogen-bond donors (Lipinski definition) is 3. The number of carbonyl (C=O) groups is 2. The first-order chi connectivity index (χ1) is 19.1. The zero-order valence-corrected chi connectivity index (χ0v) is 26.0. The van der Waals surface area contributed by atoms with Gasteiger partial charge in [-0.3, -0.25) is 15.0 Å². The van der Waals surface area contributed by atoms with E-state index in [1.165, 1.54) is 127 Å². The molecule has 0 rings (SSSR count). The number of hydrazine groups is 1. The average Bonchev–Trinajstić information content (AvgIpc) is 2.92. The molecule has 0 aromatic carbocycles. The fourth-order valence-corrected chi connectivity index (χ4v) is 5.24. The van der Waals surface area contributed by atoms with Crippen molar-refractivity contribution in [2.45, 2.75) is 187 Å². The number of carboxylic acids is 1. The summed E-state index contributed by atoms with van der Waals surface area (Å²) in [6.07, 6.45) is 31.6. The molecule has 0 spiro atoms. The van der Waals surface area contributed by atoms with E-state index in [4.69, 9.17) is 0 Å². The van der Waals surface area contributed by atoms with Gasteiger partial charge in [0.2, 0.25) is 5.91 Å². The summed E-state index contributed by atoms with van der Waals surface area (Å²) in [5.41, 5.74) is 2.79. The van der Waals surface area contributed by atoms with Crippen molar-refractivity contribution in [1.29, 1.82) is 0 Å². The standard InChI is InChI=1S/C33H66N2O4/c1-3-5-7-9-11-13-15-17-18-20-22-24-26-28-32(37)34-35(31(30-36)33(38)39)29-27-25-23-21-19-16-14-12-10-8-6-4-2/h31,36H,3-30H2,1-2H3,(H,34,37)(H,38,39)/t31-/m0/s1. The molecule has 0 saturated carbocycles. The maximum Gasteiger partial charge on any atom is 0.325 e. The molecule has 0 aliphatic rings. The van der Waals surface area contributed by atoms with Crippen molar-refractivity contribution in [1.82, 2.24) is 10.4 Å². The van der Waals surface area contributed by atoms with Gasteiger partial charge in [-0.05, 0) is 12.8 Å². The fraction of sp³-hybridized carbons (Fsp3) is 0.939. The summed E-state index contributed by atoms with van der Waals surface area (Å²) < 4.78 is 0. The van der Waals surface area contributed by atoms with Crippen LogP contribution < -0.4 is 5.43 Å². The van der Waals surface area contributed by atoms with E-state index in [1.807, 2.05) is 0 Å². The van der Waals surface area contributed by atoms with Gasteiger partial charge in [0, 0.05) is 13.0 Å². The lowest BCUT2D eigenvalue weighted by molar-refractivity contribution is -0.148.